The number of phenolic OH excluding ortho intramolecular Hbond substituents is 1. The summed E-state index contributed by atoms with van der Waals surface area (Å²) in [7, 11) is 3.18. The minimum atomic E-state index is -0.569. The molecular formula is C29H33NO6. The van der Waals surface area contributed by atoms with Crippen molar-refractivity contribution in [3.8, 4) is 17.2 Å². The van der Waals surface area contributed by atoms with E-state index in [9.17, 15) is 14.7 Å². The fourth-order valence-electron chi connectivity index (χ4n) is 4.97. The number of carbonyl (C=O) groups is 2. The van der Waals surface area contributed by atoms with Gasteiger partial charge < -0.3 is 24.6 Å². The molecule has 0 unspecified atom stereocenters. The number of benzene rings is 2. The summed E-state index contributed by atoms with van der Waals surface area (Å²) in [6, 6.07) is 12.4. The first-order chi connectivity index (χ1) is 17.2. The number of phenols is 1. The first-order valence-corrected chi connectivity index (χ1v) is 12.2. The average molecular weight is 492 g/mol. The summed E-state index contributed by atoms with van der Waals surface area (Å²) in [4.78, 5) is 26.9. The highest BCUT2D eigenvalue weighted by molar-refractivity contribution is 6.04. The van der Waals surface area contributed by atoms with Crippen LogP contribution in [0.15, 0.2) is 65.0 Å². The number of ketones is 1. The van der Waals surface area contributed by atoms with Gasteiger partial charge in [0.15, 0.2) is 17.3 Å². The molecule has 2 aromatic carbocycles. The molecule has 1 aliphatic carbocycles. The molecule has 7 heteroatoms. The van der Waals surface area contributed by atoms with Gasteiger partial charge in [-0.15, -0.1) is 0 Å². The molecular weight excluding hydrogens is 458 g/mol. The Labute approximate surface area is 211 Å². The minimum Gasteiger partial charge on any atom is -0.508 e. The summed E-state index contributed by atoms with van der Waals surface area (Å²) in [6.45, 7) is 6.09. The highest BCUT2D eigenvalue weighted by Crippen LogP contribution is 2.46. The van der Waals surface area contributed by atoms with Crippen molar-refractivity contribution in [3.63, 3.8) is 0 Å². The van der Waals surface area contributed by atoms with E-state index in [4.69, 9.17) is 14.2 Å². The summed E-state index contributed by atoms with van der Waals surface area (Å²) < 4.78 is 16.4. The first kappa shape index (κ1) is 25.4. The molecule has 0 amide bonds. The normalized spacial score (nSPS) is 19.7. The smallest absolute Gasteiger partial charge is 0.336 e. The molecule has 0 fully saturated rings. The van der Waals surface area contributed by atoms with Crippen LogP contribution in [0.4, 0.5) is 0 Å². The summed E-state index contributed by atoms with van der Waals surface area (Å²) in [6.07, 6.45) is 0.911. The monoisotopic (exact) mass is 491 g/mol. The van der Waals surface area contributed by atoms with Gasteiger partial charge >= 0.3 is 5.97 Å². The predicted octanol–water partition coefficient (Wildman–Crippen LogP) is 4.97. The summed E-state index contributed by atoms with van der Waals surface area (Å²) in [5.74, 6) is 0.479. The molecule has 190 valence electrons. The molecule has 36 heavy (non-hydrogen) atoms. The molecule has 0 radical (unpaired) electrons. The van der Waals surface area contributed by atoms with Gasteiger partial charge in [-0.1, -0.05) is 32.0 Å². The van der Waals surface area contributed by atoms with Crippen LogP contribution < -0.4 is 14.8 Å². The Morgan fingerprint density at radius 1 is 1.03 bits per heavy atom. The van der Waals surface area contributed by atoms with Crippen LogP contribution in [0.25, 0.3) is 0 Å². The summed E-state index contributed by atoms with van der Waals surface area (Å²) in [5, 5.41) is 13.2. The van der Waals surface area contributed by atoms with Gasteiger partial charge in [0.25, 0.3) is 0 Å². The van der Waals surface area contributed by atoms with Crippen molar-refractivity contribution in [1.82, 2.24) is 5.32 Å². The highest BCUT2D eigenvalue weighted by Gasteiger charge is 2.41. The van der Waals surface area contributed by atoms with Crippen molar-refractivity contribution in [2.75, 3.05) is 20.8 Å². The first-order valence-electron chi connectivity index (χ1n) is 12.2. The fourth-order valence-corrected chi connectivity index (χ4v) is 4.97. The molecule has 2 N–H and O–H groups in total. The van der Waals surface area contributed by atoms with Crippen molar-refractivity contribution >= 4 is 11.8 Å². The topological polar surface area (TPSA) is 94.1 Å². The predicted molar refractivity (Wildman–Crippen MR) is 136 cm³/mol. The van der Waals surface area contributed by atoms with Crippen molar-refractivity contribution < 1.29 is 28.9 Å². The molecule has 0 saturated carbocycles. The quantitative estimate of drug-likeness (QED) is 0.528. The summed E-state index contributed by atoms with van der Waals surface area (Å²) in [5.41, 5.74) is 4.23. The number of Topliss-reactive ketones (excluding diaryl/α,β-unsaturated/α-hetero) is 1. The van der Waals surface area contributed by atoms with Crippen LogP contribution in [0.2, 0.25) is 0 Å². The molecule has 0 spiro atoms. The molecule has 7 nitrogen and oxygen atoms in total. The Morgan fingerprint density at radius 2 is 1.69 bits per heavy atom. The maximum atomic E-state index is 13.7. The van der Waals surface area contributed by atoms with Crippen LogP contribution >= 0.6 is 0 Å². The number of methoxy groups -OCH3 is 2. The van der Waals surface area contributed by atoms with Crippen molar-refractivity contribution in [3.05, 3.63) is 76.1 Å². The fraction of sp³-hybridized carbons (Fsp3) is 0.379. The van der Waals surface area contributed by atoms with Crippen molar-refractivity contribution in [2.24, 2.45) is 5.92 Å². The van der Waals surface area contributed by atoms with E-state index in [-0.39, 0.29) is 23.4 Å². The Kier molecular flexibility index (Phi) is 7.38. The largest absolute Gasteiger partial charge is 0.508 e. The second-order valence-electron chi connectivity index (χ2n) is 9.72. The molecule has 1 aliphatic heterocycles. The zero-order valence-corrected chi connectivity index (χ0v) is 21.4. The van der Waals surface area contributed by atoms with Crippen LogP contribution in [-0.4, -0.2) is 37.7 Å². The van der Waals surface area contributed by atoms with Gasteiger partial charge in [0.1, 0.15) is 5.75 Å². The SMILES string of the molecule is COc1ccc([C@@H]2CC(=O)C3=C(C2)NC(C)=C(C(=O)OCC(C)C)[C@@H]3c2ccc(O)cc2)cc1OC. The van der Waals surface area contributed by atoms with E-state index in [1.54, 1.807) is 38.5 Å². The van der Waals surface area contributed by atoms with Crippen molar-refractivity contribution in [1.29, 1.82) is 0 Å². The van der Waals surface area contributed by atoms with E-state index in [1.165, 1.54) is 0 Å². The lowest BCUT2D eigenvalue weighted by molar-refractivity contribution is -0.140. The lowest BCUT2D eigenvalue weighted by Gasteiger charge is -2.37. The molecule has 0 saturated heterocycles. The van der Waals surface area contributed by atoms with E-state index in [1.807, 2.05) is 39.0 Å². The number of hydrogen-bond acceptors (Lipinski definition) is 7. The van der Waals surface area contributed by atoms with Gasteiger partial charge in [0.2, 0.25) is 0 Å². The molecule has 0 aromatic heterocycles. The number of nitrogens with one attached hydrogen (secondary N) is 1. The van der Waals surface area contributed by atoms with Gasteiger partial charge in [0.05, 0.1) is 26.4 Å². The van der Waals surface area contributed by atoms with E-state index in [0.717, 1.165) is 16.8 Å². The lowest BCUT2D eigenvalue weighted by atomic mass is 9.71. The molecule has 1 heterocycles. The number of dihydropyridines is 1. The van der Waals surface area contributed by atoms with Gasteiger partial charge in [-0.25, -0.2) is 4.79 Å². The third-order valence-corrected chi connectivity index (χ3v) is 6.70. The standard InChI is InChI=1S/C29H33NO6/c1-16(2)15-36-29(33)26-17(3)30-22-12-20(19-8-11-24(34-4)25(14-19)35-5)13-23(32)28(22)27(26)18-6-9-21(31)10-7-18/h6-11,14,16,20,27,30-31H,12-13,15H2,1-5H3/t20-,27-/m0/s1. The average Bonchev–Trinajstić information content (AvgIpc) is 2.86. The maximum Gasteiger partial charge on any atom is 0.336 e. The number of allylic oxidation sites excluding steroid dienone is 3. The van der Waals surface area contributed by atoms with Gasteiger partial charge in [0, 0.05) is 29.3 Å². The molecule has 4 rings (SSSR count). The van der Waals surface area contributed by atoms with E-state index in [0.29, 0.717) is 47.8 Å². The third-order valence-electron chi connectivity index (χ3n) is 6.70. The zero-order chi connectivity index (χ0) is 26.0. The van der Waals surface area contributed by atoms with E-state index in [2.05, 4.69) is 5.32 Å². The summed E-state index contributed by atoms with van der Waals surface area (Å²) >= 11 is 0. The van der Waals surface area contributed by atoms with Crippen molar-refractivity contribution in [2.45, 2.75) is 45.4 Å². The van der Waals surface area contributed by atoms with Gasteiger partial charge in [-0.3, -0.25) is 4.79 Å². The van der Waals surface area contributed by atoms with Crippen LogP contribution in [0.5, 0.6) is 17.2 Å². The van der Waals surface area contributed by atoms with Gasteiger partial charge in [-0.2, -0.15) is 0 Å². The highest BCUT2D eigenvalue weighted by atomic mass is 16.5. The van der Waals surface area contributed by atoms with Crippen LogP contribution in [-0.2, 0) is 14.3 Å². The van der Waals surface area contributed by atoms with Crippen LogP contribution in [0.3, 0.4) is 0 Å². The minimum absolute atomic E-state index is 0.0248. The Morgan fingerprint density at radius 3 is 2.33 bits per heavy atom. The van der Waals surface area contributed by atoms with Gasteiger partial charge in [-0.05, 0) is 60.6 Å². The van der Waals surface area contributed by atoms with E-state index < -0.39 is 11.9 Å². The lowest BCUT2D eigenvalue weighted by Crippen LogP contribution is -2.36. The maximum absolute atomic E-state index is 13.7. The zero-order valence-electron chi connectivity index (χ0n) is 21.4. The molecule has 2 aliphatic rings. The Hall–Kier alpha value is -3.74. The molecule has 0 bridgehead atoms. The van der Waals surface area contributed by atoms with Crippen LogP contribution in [0, 0.1) is 5.92 Å². The third kappa shape index (κ3) is 4.96. The number of esters is 1. The van der Waals surface area contributed by atoms with Crippen LogP contribution in [0.1, 0.15) is 56.6 Å². The second-order valence-corrected chi connectivity index (χ2v) is 9.72. The number of carbonyl (C=O) groups excluding carboxylic acids is 2. The van der Waals surface area contributed by atoms with E-state index >= 15 is 0 Å². The second kappa shape index (κ2) is 10.5. The number of ether oxygens (including phenoxy) is 3. The Bertz CT molecular complexity index is 1220. The Balaban J connectivity index is 1.74. The number of aromatic hydroxyl groups is 1. The number of hydrogen-bond donors (Lipinski definition) is 2. The number of rotatable bonds is 7. The molecule has 2 atom stereocenters. The molecule has 2 aromatic rings.